The van der Waals surface area contributed by atoms with Crippen LogP contribution < -0.4 is 5.32 Å². The summed E-state index contributed by atoms with van der Waals surface area (Å²) in [6.45, 7) is 2.16. The molecule has 0 saturated heterocycles. The molecule has 2 nitrogen and oxygen atoms in total. The van der Waals surface area contributed by atoms with Crippen molar-refractivity contribution in [2.45, 2.75) is 13.3 Å². The summed E-state index contributed by atoms with van der Waals surface area (Å²) < 4.78 is 40.1. The monoisotopic (exact) mass is 290 g/mol. The molecule has 1 N–H and O–H groups in total. The molecule has 5 heteroatoms. The first kappa shape index (κ1) is 14.9. The van der Waals surface area contributed by atoms with E-state index >= 15 is 0 Å². The van der Waals surface area contributed by atoms with Crippen LogP contribution in [0.4, 0.5) is 18.9 Å². The number of benzene rings is 2. The maximum absolute atomic E-state index is 13.7. The van der Waals surface area contributed by atoms with Crippen LogP contribution in [0, 0.1) is 35.7 Å². The number of nitrogens with one attached hydrogen (secondary N) is 1. The predicted octanol–water partition coefficient (Wildman–Crippen LogP) is 3.94. The van der Waals surface area contributed by atoms with Crippen LogP contribution in [-0.2, 0) is 6.42 Å². The Balaban J connectivity index is 2.04. The van der Waals surface area contributed by atoms with Crippen molar-refractivity contribution in [2.24, 2.45) is 0 Å². The van der Waals surface area contributed by atoms with Gasteiger partial charge in [-0.15, -0.1) is 0 Å². The number of nitrogens with zero attached hydrogens (tertiary/aromatic N) is 1. The van der Waals surface area contributed by atoms with Gasteiger partial charge < -0.3 is 5.32 Å². The van der Waals surface area contributed by atoms with Crippen LogP contribution in [0.15, 0.2) is 30.3 Å². The van der Waals surface area contributed by atoms with Gasteiger partial charge in [0.15, 0.2) is 11.6 Å². The van der Waals surface area contributed by atoms with E-state index < -0.39 is 11.6 Å². The average molecular weight is 290 g/mol. The number of nitriles is 1. The Morgan fingerprint density at radius 3 is 2.52 bits per heavy atom. The molecule has 108 valence electrons. The molecule has 0 radical (unpaired) electrons. The molecular weight excluding hydrogens is 277 g/mol. The van der Waals surface area contributed by atoms with Crippen LogP contribution in [0.2, 0.25) is 0 Å². The normalized spacial score (nSPS) is 10.2. The van der Waals surface area contributed by atoms with Crippen LogP contribution >= 0.6 is 0 Å². The summed E-state index contributed by atoms with van der Waals surface area (Å²) in [4.78, 5) is 0. The molecule has 0 aromatic heterocycles. The van der Waals surface area contributed by atoms with Gasteiger partial charge >= 0.3 is 0 Å². The molecule has 2 aromatic rings. The topological polar surface area (TPSA) is 35.8 Å². The highest BCUT2D eigenvalue weighted by atomic mass is 19.2. The highest BCUT2D eigenvalue weighted by Crippen LogP contribution is 2.20. The molecule has 21 heavy (non-hydrogen) atoms. The lowest BCUT2D eigenvalue weighted by Crippen LogP contribution is -2.08. The summed E-state index contributed by atoms with van der Waals surface area (Å²) in [5, 5.41) is 11.4. The summed E-state index contributed by atoms with van der Waals surface area (Å²) in [5.41, 5.74) is 1.42. The summed E-state index contributed by atoms with van der Waals surface area (Å²) in [7, 11) is 0. The van der Waals surface area contributed by atoms with Gasteiger partial charge in [0.1, 0.15) is 11.9 Å². The predicted molar refractivity (Wildman–Crippen MR) is 74.4 cm³/mol. The number of halogens is 3. The molecule has 0 atom stereocenters. The fourth-order valence-electron chi connectivity index (χ4n) is 2.04. The van der Waals surface area contributed by atoms with Crippen LogP contribution in [0.25, 0.3) is 0 Å². The standard InChI is InChI=1S/C16H13F3N2/c1-10-8-13(17)4-2-11(10)6-7-21-14-5-3-12(9-20)15(18)16(14)19/h2-5,8,21H,6-7H2,1H3. The Morgan fingerprint density at radius 1 is 1.10 bits per heavy atom. The summed E-state index contributed by atoms with van der Waals surface area (Å²) in [5.74, 6) is -2.52. The molecule has 0 spiro atoms. The number of hydrogen-bond donors (Lipinski definition) is 1. The Morgan fingerprint density at radius 2 is 1.86 bits per heavy atom. The Kier molecular flexibility index (Phi) is 4.49. The van der Waals surface area contributed by atoms with Crippen LogP contribution in [0.1, 0.15) is 16.7 Å². The minimum absolute atomic E-state index is 0.00580. The Labute approximate surface area is 120 Å². The summed E-state index contributed by atoms with van der Waals surface area (Å²) in [6, 6.07) is 8.60. The zero-order valence-electron chi connectivity index (χ0n) is 11.4. The van der Waals surface area contributed by atoms with Gasteiger partial charge in [-0.05, 0) is 48.7 Å². The fourth-order valence-corrected chi connectivity index (χ4v) is 2.04. The van der Waals surface area contributed by atoms with Crippen molar-refractivity contribution in [3.8, 4) is 6.07 Å². The molecule has 0 fully saturated rings. The van der Waals surface area contributed by atoms with Crippen molar-refractivity contribution >= 4 is 5.69 Å². The minimum Gasteiger partial charge on any atom is -0.382 e. The zero-order valence-corrected chi connectivity index (χ0v) is 11.4. The molecule has 0 aliphatic heterocycles. The lowest BCUT2D eigenvalue weighted by Gasteiger charge is -2.10. The number of aryl methyl sites for hydroxylation is 1. The molecular formula is C16H13F3N2. The van der Waals surface area contributed by atoms with E-state index in [0.717, 1.165) is 11.1 Å². The van der Waals surface area contributed by atoms with Crippen molar-refractivity contribution < 1.29 is 13.2 Å². The Hall–Kier alpha value is -2.48. The second kappa shape index (κ2) is 6.31. The second-order valence-electron chi connectivity index (χ2n) is 4.65. The molecule has 2 aromatic carbocycles. The van der Waals surface area contributed by atoms with Gasteiger partial charge in [0.2, 0.25) is 0 Å². The van der Waals surface area contributed by atoms with E-state index in [-0.39, 0.29) is 17.1 Å². The number of hydrogen-bond acceptors (Lipinski definition) is 2. The SMILES string of the molecule is Cc1cc(F)ccc1CCNc1ccc(C#N)c(F)c1F. The highest BCUT2D eigenvalue weighted by Gasteiger charge is 2.12. The minimum atomic E-state index is -1.15. The Bertz CT molecular complexity index is 705. The molecule has 2 rings (SSSR count). The van der Waals surface area contributed by atoms with Crippen LogP contribution in [0.3, 0.4) is 0 Å². The molecule has 0 bridgehead atoms. The van der Waals surface area contributed by atoms with E-state index in [9.17, 15) is 13.2 Å². The van der Waals surface area contributed by atoms with E-state index in [1.165, 1.54) is 24.3 Å². The quantitative estimate of drug-likeness (QED) is 0.925. The average Bonchev–Trinajstić information content (AvgIpc) is 2.46. The van der Waals surface area contributed by atoms with Crippen molar-refractivity contribution in [3.63, 3.8) is 0 Å². The van der Waals surface area contributed by atoms with Crippen molar-refractivity contribution in [1.82, 2.24) is 0 Å². The van der Waals surface area contributed by atoms with Gasteiger partial charge in [-0.3, -0.25) is 0 Å². The first-order chi connectivity index (χ1) is 10.0. The molecule has 0 aliphatic carbocycles. The van der Waals surface area contributed by atoms with Gasteiger partial charge in [0.25, 0.3) is 0 Å². The molecule has 0 amide bonds. The van der Waals surface area contributed by atoms with E-state index in [4.69, 9.17) is 5.26 Å². The maximum Gasteiger partial charge on any atom is 0.183 e. The molecule has 0 unspecified atom stereocenters. The van der Waals surface area contributed by atoms with Gasteiger partial charge in [-0.25, -0.2) is 13.2 Å². The first-order valence-electron chi connectivity index (χ1n) is 6.40. The largest absolute Gasteiger partial charge is 0.382 e. The van der Waals surface area contributed by atoms with Gasteiger partial charge in [-0.2, -0.15) is 5.26 Å². The third-order valence-electron chi connectivity index (χ3n) is 3.22. The van der Waals surface area contributed by atoms with Gasteiger partial charge in [0, 0.05) is 6.54 Å². The summed E-state index contributed by atoms with van der Waals surface area (Å²) >= 11 is 0. The van der Waals surface area contributed by atoms with E-state index in [2.05, 4.69) is 5.32 Å². The van der Waals surface area contributed by atoms with Crippen molar-refractivity contribution in [1.29, 1.82) is 5.26 Å². The maximum atomic E-state index is 13.7. The zero-order chi connectivity index (χ0) is 15.4. The number of anilines is 1. The highest BCUT2D eigenvalue weighted by molar-refractivity contribution is 5.49. The van der Waals surface area contributed by atoms with Crippen LogP contribution in [-0.4, -0.2) is 6.54 Å². The summed E-state index contributed by atoms with van der Waals surface area (Å²) in [6.07, 6.45) is 0.549. The van der Waals surface area contributed by atoms with Crippen LogP contribution in [0.5, 0.6) is 0 Å². The smallest absolute Gasteiger partial charge is 0.183 e. The van der Waals surface area contributed by atoms with Crippen molar-refractivity contribution in [2.75, 3.05) is 11.9 Å². The molecule has 0 heterocycles. The van der Waals surface area contributed by atoms with Gasteiger partial charge in [0.05, 0.1) is 11.3 Å². The van der Waals surface area contributed by atoms with E-state index in [0.29, 0.717) is 13.0 Å². The lowest BCUT2D eigenvalue weighted by molar-refractivity contribution is 0.508. The third-order valence-corrected chi connectivity index (χ3v) is 3.22. The second-order valence-corrected chi connectivity index (χ2v) is 4.65. The van der Waals surface area contributed by atoms with E-state index in [1.54, 1.807) is 19.1 Å². The third kappa shape index (κ3) is 3.34. The fraction of sp³-hybridized carbons (Fsp3) is 0.188. The first-order valence-corrected chi connectivity index (χ1v) is 6.40. The molecule has 0 saturated carbocycles. The lowest BCUT2D eigenvalue weighted by atomic mass is 10.1. The van der Waals surface area contributed by atoms with Gasteiger partial charge in [-0.1, -0.05) is 6.07 Å². The van der Waals surface area contributed by atoms with Crippen molar-refractivity contribution in [3.05, 3.63) is 64.5 Å². The number of rotatable bonds is 4. The van der Waals surface area contributed by atoms with E-state index in [1.807, 2.05) is 0 Å². The molecule has 0 aliphatic rings.